The lowest BCUT2D eigenvalue weighted by molar-refractivity contribution is 0.431. The molecule has 0 radical (unpaired) electrons. The maximum Gasteiger partial charge on any atom is 0.277 e. The zero-order valence-corrected chi connectivity index (χ0v) is 12.1. The van der Waals surface area contributed by atoms with Crippen molar-refractivity contribution in [1.29, 1.82) is 0 Å². The molecule has 2 aromatic heterocycles. The smallest absolute Gasteiger partial charge is 0.277 e. The van der Waals surface area contributed by atoms with Crippen LogP contribution < -0.4 is 5.73 Å². The first-order valence-electron chi connectivity index (χ1n) is 5.51. The molecule has 3 aromatic rings. The van der Waals surface area contributed by atoms with E-state index in [1.54, 1.807) is 0 Å². The van der Waals surface area contributed by atoms with Crippen LogP contribution >= 0.6 is 27.3 Å². The highest BCUT2D eigenvalue weighted by molar-refractivity contribution is 9.10. The summed E-state index contributed by atoms with van der Waals surface area (Å²) in [5, 5.41) is 6.68. The molecular weight excluding hydrogens is 328 g/mol. The van der Waals surface area contributed by atoms with E-state index in [9.17, 15) is 0 Å². The standard InChI is InChI=1S/C12H9BrN4OS/c13-8-4-2-1-3-7(8)11-16-12(18-17-11)9-6-19-10(5-14)15-9/h1-4,6H,5,14H2. The van der Waals surface area contributed by atoms with Gasteiger partial charge in [-0.05, 0) is 12.1 Å². The zero-order chi connectivity index (χ0) is 13.2. The number of halogens is 1. The molecule has 1 aromatic carbocycles. The minimum Gasteiger partial charge on any atom is -0.332 e. The molecule has 96 valence electrons. The third-order valence-corrected chi connectivity index (χ3v) is 4.05. The number of hydrogen-bond acceptors (Lipinski definition) is 6. The molecule has 0 amide bonds. The van der Waals surface area contributed by atoms with Crippen molar-refractivity contribution in [3.05, 3.63) is 39.1 Å². The van der Waals surface area contributed by atoms with E-state index in [1.807, 2.05) is 29.6 Å². The summed E-state index contributed by atoms with van der Waals surface area (Å²) in [6.45, 7) is 0.413. The van der Waals surface area contributed by atoms with Gasteiger partial charge < -0.3 is 10.3 Å². The Morgan fingerprint density at radius 1 is 1.26 bits per heavy atom. The number of nitrogens with two attached hydrogens (primary N) is 1. The number of nitrogens with zero attached hydrogens (tertiary/aromatic N) is 3. The average Bonchev–Trinajstić information content (AvgIpc) is 3.08. The van der Waals surface area contributed by atoms with E-state index < -0.39 is 0 Å². The van der Waals surface area contributed by atoms with Gasteiger partial charge in [-0.2, -0.15) is 4.98 Å². The van der Waals surface area contributed by atoms with Crippen LogP contribution in [0.15, 0.2) is 38.6 Å². The van der Waals surface area contributed by atoms with Gasteiger partial charge in [0.2, 0.25) is 5.82 Å². The van der Waals surface area contributed by atoms with Gasteiger partial charge in [0.1, 0.15) is 10.7 Å². The predicted molar refractivity (Wildman–Crippen MR) is 76.4 cm³/mol. The number of thiazole rings is 1. The Kier molecular flexibility index (Phi) is 3.41. The quantitative estimate of drug-likeness (QED) is 0.795. The van der Waals surface area contributed by atoms with Gasteiger partial charge in [0.25, 0.3) is 5.89 Å². The number of rotatable bonds is 3. The Morgan fingerprint density at radius 3 is 2.84 bits per heavy atom. The summed E-state index contributed by atoms with van der Waals surface area (Å²) in [5.41, 5.74) is 7.08. The van der Waals surface area contributed by atoms with Gasteiger partial charge in [-0.1, -0.05) is 33.2 Å². The van der Waals surface area contributed by atoms with Crippen molar-refractivity contribution >= 4 is 27.3 Å². The van der Waals surface area contributed by atoms with Gasteiger partial charge in [0.15, 0.2) is 0 Å². The summed E-state index contributed by atoms with van der Waals surface area (Å²) >= 11 is 4.94. The van der Waals surface area contributed by atoms with Gasteiger partial charge in [0.05, 0.1) is 0 Å². The summed E-state index contributed by atoms with van der Waals surface area (Å²) in [4.78, 5) is 8.67. The number of benzene rings is 1. The molecule has 0 atom stereocenters. The Morgan fingerprint density at radius 2 is 2.11 bits per heavy atom. The lowest BCUT2D eigenvalue weighted by Gasteiger charge is -1.96. The Balaban J connectivity index is 1.97. The van der Waals surface area contributed by atoms with E-state index in [-0.39, 0.29) is 0 Å². The highest BCUT2D eigenvalue weighted by atomic mass is 79.9. The van der Waals surface area contributed by atoms with Crippen molar-refractivity contribution in [2.24, 2.45) is 5.73 Å². The number of hydrogen-bond donors (Lipinski definition) is 1. The van der Waals surface area contributed by atoms with Crippen LogP contribution in [0.25, 0.3) is 23.0 Å². The maximum absolute atomic E-state index is 5.53. The van der Waals surface area contributed by atoms with Crippen molar-refractivity contribution in [3.63, 3.8) is 0 Å². The van der Waals surface area contributed by atoms with E-state index in [4.69, 9.17) is 10.3 Å². The third kappa shape index (κ3) is 2.44. The molecule has 0 aliphatic carbocycles. The molecule has 0 fully saturated rings. The molecule has 3 rings (SSSR count). The van der Waals surface area contributed by atoms with Crippen molar-refractivity contribution in [2.45, 2.75) is 6.54 Å². The van der Waals surface area contributed by atoms with Crippen LogP contribution in [-0.2, 0) is 6.54 Å². The molecule has 19 heavy (non-hydrogen) atoms. The van der Waals surface area contributed by atoms with Crippen LogP contribution in [0.4, 0.5) is 0 Å². The van der Waals surface area contributed by atoms with Gasteiger partial charge in [-0.15, -0.1) is 11.3 Å². The third-order valence-electron chi connectivity index (χ3n) is 2.49. The Labute approximate surface area is 121 Å². The van der Waals surface area contributed by atoms with Crippen molar-refractivity contribution in [1.82, 2.24) is 15.1 Å². The summed E-state index contributed by atoms with van der Waals surface area (Å²) < 4.78 is 6.16. The summed E-state index contributed by atoms with van der Waals surface area (Å²) in [7, 11) is 0. The normalized spacial score (nSPS) is 10.8. The fraction of sp³-hybridized carbons (Fsp3) is 0.0833. The van der Waals surface area contributed by atoms with Crippen LogP contribution in [0.5, 0.6) is 0 Å². The molecule has 0 aliphatic rings. The van der Waals surface area contributed by atoms with Gasteiger partial charge in [-0.25, -0.2) is 4.98 Å². The molecule has 0 saturated carbocycles. The molecule has 2 N–H and O–H groups in total. The van der Waals surface area contributed by atoms with E-state index in [0.717, 1.165) is 15.0 Å². The van der Waals surface area contributed by atoms with Crippen molar-refractivity contribution in [2.75, 3.05) is 0 Å². The fourth-order valence-corrected chi connectivity index (χ4v) is 2.69. The first kappa shape index (κ1) is 12.5. The second-order valence-corrected chi connectivity index (χ2v) is 5.53. The molecule has 0 unspecified atom stereocenters. The Hall–Kier alpha value is -1.57. The largest absolute Gasteiger partial charge is 0.332 e. The monoisotopic (exact) mass is 336 g/mol. The average molecular weight is 337 g/mol. The molecule has 0 spiro atoms. The van der Waals surface area contributed by atoms with E-state index >= 15 is 0 Å². The molecule has 5 nitrogen and oxygen atoms in total. The summed E-state index contributed by atoms with van der Waals surface area (Å²) in [6, 6.07) is 7.71. The molecule has 7 heteroatoms. The van der Waals surface area contributed by atoms with Crippen LogP contribution in [0, 0.1) is 0 Å². The fourth-order valence-electron chi connectivity index (χ4n) is 1.58. The van der Waals surface area contributed by atoms with Crippen LogP contribution in [0.3, 0.4) is 0 Å². The topological polar surface area (TPSA) is 77.8 Å². The van der Waals surface area contributed by atoms with Gasteiger partial charge in [-0.3, -0.25) is 0 Å². The first-order valence-corrected chi connectivity index (χ1v) is 7.18. The lowest BCUT2D eigenvalue weighted by Crippen LogP contribution is -1.94. The highest BCUT2D eigenvalue weighted by Crippen LogP contribution is 2.28. The molecule has 0 saturated heterocycles. The van der Waals surface area contributed by atoms with E-state index in [0.29, 0.717) is 24.0 Å². The van der Waals surface area contributed by atoms with E-state index in [2.05, 4.69) is 31.1 Å². The minimum absolute atomic E-state index is 0.404. The van der Waals surface area contributed by atoms with Crippen molar-refractivity contribution < 1.29 is 4.52 Å². The maximum atomic E-state index is 5.53. The zero-order valence-electron chi connectivity index (χ0n) is 9.71. The Bertz CT molecular complexity index is 709. The van der Waals surface area contributed by atoms with E-state index in [1.165, 1.54) is 11.3 Å². The van der Waals surface area contributed by atoms with Gasteiger partial charge in [0, 0.05) is 22.0 Å². The molecule has 0 aliphatic heterocycles. The minimum atomic E-state index is 0.404. The summed E-state index contributed by atoms with van der Waals surface area (Å²) in [5.74, 6) is 0.937. The van der Waals surface area contributed by atoms with Gasteiger partial charge >= 0.3 is 0 Å². The second kappa shape index (κ2) is 5.20. The van der Waals surface area contributed by atoms with Crippen LogP contribution in [0.1, 0.15) is 5.01 Å². The highest BCUT2D eigenvalue weighted by Gasteiger charge is 2.14. The number of aromatic nitrogens is 3. The lowest BCUT2D eigenvalue weighted by atomic mass is 10.2. The molecule has 0 bridgehead atoms. The molecular formula is C12H9BrN4OS. The SMILES string of the molecule is NCc1nc(-c2nc(-c3ccccc3Br)no2)cs1. The van der Waals surface area contributed by atoms with Crippen molar-refractivity contribution in [3.8, 4) is 23.0 Å². The molecule has 2 heterocycles. The van der Waals surface area contributed by atoms with Crippen LogP contribution in [0.2, 0.25) is 0 Å². The van der Waals surface area contributed by atoms with Crippen LogP contribution in [-0.4, -0.2) is 15.1 Å². The first-order chi connectivity index (χ1) is 9.28. The summed E-state index contributed by atoms with van der Waals surface area (Å²) in [6.07, 6.45) is 0. The predicted octanol–water partition coefficient (Wildman–Crippen LogP) is 3.08. The second-order valence-electron chi connectivity index (χ2n) is 3.73.